The first kappa shape index (κ1) is 18.5. The summed E-state index contributed by atoms with van der Waals surface area (Å²) in [7, 11) is 1.83. The molecule has 1 unspecified atom stereocenters. The van der Waals surface area contributed by atoms with E-state index in [9.17, 15) is 4.79 Å². The van der Waals surface area contributed by atoms with Crippen molar-refractivity contribution in [2.24, 2.45) is 11.7 Å². The summed E-state index contributed by atoms with van der Waals surface area (Å²) in [5.74, 6) is -0.488. The number of rotatable bonds is 11. The van der Waals surface area contributed by atoms with Crippen LogP contribution in [0.15, 0.2) is 0 Å². The summed E-state index contributed by atoms with van der Waals surface area (Å²) in [6, 6.07) is 0. The van der Waals surface area contributed by atoms with Gasteiger partial charge in [-0.15, -0.1) is 0 Å². The quantitative estimate of drug-likeness (QED) is 0.575. The Morgan fingerprint density at radius 1 is 1.16 bits per heavy atom. The van der Waals surface area contributed by atoms with E-state index in [2.05, 4.69) is 6.92 Å². The van der Waals surface area contributed by atoms with Gasteiger partial charge in [-0.2, -0.15) is 0 Å². The zero-order chi connectivity index (χ0) is 14.9. The van der Waals surface area contributed by atoms with Crippen LogP contribution in [-0.2, 0) is 18.1 Å². The van der Waals surface area contributed by atoms with E-state index in [-0.39, 0.29) is 11.8 Å². The molecule has 7 heteroatoms. The molecule has 0 aromatic carbocycles. The van der Waals surface area contributed by atoms with E-state index in [1.54, 1.807) is 21.3 Å². The third-order valence-electron chi connectivity index (χ3n) is 3.13. The molecule has 0 saturated carbocycles. The van der Waals surface area contributed by atoms with Crippen molar-refractivity contribution in [3.63, 3.8) is 0 Å². The fourth-order valence-electron chi connectivity index (χ4n) is 2.19. The van der Waals surface area contributed by atoms with Crippen LogP contribution in [0.4, 0.5) is 0 Å². The average Bonchev–Trinajstić information content (AvgIpc) is 2.40. The van der Waals surface area contributed by atoms with Gasteiger partial charge in [0.05, 0.1) is 0 Å². The van der Waals surface area contributed by atoms with E-state index >= 15 is 0 Å². The first-order valence-electron chi connectivity index (χ1n) is 6.71. The Bertz CT molecular complexity index is 254. The molecule has 6 nitrogen and oxygen atoms in total. The molecule has 1 amide bonds. The van der Waals surface area contributed by atoms with Crippen molar-refractivity contribution in [1.82, 2.24) is 4.57 Å². The van der Waals surface area contributed by atoms with Gasteiger partial charge in [-0.3, -0.25) is 9.36 Å². The second-order valence-corrected chi connectivity index (χ2v) is 7.38. The minimum absolute atomic E-state index is 0.205. The molecule has 0 aliphatic rings. The second kappa shape index (κ2) is 9.43. The van der Waals surface area contributed by atoms with Gasteiger partial charge in [-0.1, -0.05) is 20.3 Å². The molecule has 0 aliphatic heterocycles. The predicted octanol–water partition coefficient (Wildman–Crippen LogP) is 0.975. The van der Waals surface area contributed by atoms with Crippen LogP contribution in [0.5, 0.6) is 0 Å². The van der Waals surface area contributed by atoms with E-state index < -0.39 is 8.97 Å². The van der Waals surface area contributed by atoms with Gasteiger partial charge in [0.2, 0.25) is 5.91 Å². The Hall–Kier alpha value is -0.473. The Kier molecular flexibility index (Phi) is 9.20. The Labute approximate surface area is 117 Å². The molecule has 0 spiro atoms. The number of hydrogen-bond donors (Lipinski definition) is 1. The van der Waals surface area contributed by atoms with Crippen molar-refractivity contribution in [1.29, 1.82) is 0 Å². The Balaban J connectivity index is 5.01. The predicted molar refractivity (Wildman–Crippen MR) is 76.2 cm³/mol. The monoisotopic (exact) mass is 292 g/mol. The zero-order valence-electron chi connectivity index (χ0n) is 12.8. The van der Waals surface area contributed by atoms with E-state index in [4.69, 9.17) is 19.0 Å². The first-order chi connectivity index (χ1) is 9.01. The normalized spacial score (nSPS) is 13.8. The lowest BCUT2D eigenvalue weighted by molar-refractivity contribution is -0.122. The molecule has 0 saturated heterocycles. The minimum Gasteiger partial charge on any atom is -0.369 e. The summed E-state index contributed by atoms with van der Waals surface area (Å²) in [5, 5.41) is 0. The van der Waals surface area contributed by atoms with Crippen LogP contribution in [0.2, 0.25) is 0 Å². The van der Waals surface area contributed by atoms with Gasteiger partial charge in [-0.25, -0.2) is 0 Å². The minimum atomic E-state index is -2.88. The Morgan fingerprint density at radius 2 is 1.68 bits per heavy atom. The highest BCUT2D eigenvalue weighted by molar-refractivity contribution is 6.57. The molecule has 0 radical (unpaired) electrons. The van der Waals surface area contributed by atoms with Gasteiger partial charge in [0.15, 0.2) is 0 Å². The third-order valence-corrected chi connectivity index (χ3v) is 5.86. The van der Waals surface area contributed by atoms with Crippen LogP contribution >= 0.6 is 0 Å². The number of nitrogens with two attached hydrogens (primary N) is 1. The standard InChI is InChI=1S/C12H28N2O4Si/c1-6-8-11(12(13)15)10-14(9-7-2)19(16-3,17-4)18-5/h11H,6-10H2,1-5H3,(H2,13,15). The summed E-state index contributed by atoms with van der Waals surface area (Å²) in [6.07, 6.45) is 2.59. The molecular formula is C12H28N2O4Si. The van der Waals surface area contributed by atoms with Crippen LogP contribution in [0.1, 0.15) is 33.1 Å². The molecule has 0 fully saturated rings. The molecule has 0 aromatic rings. The molecule has 114 valence electrons. The van der Waals surface area contributed by atoms with Crippen molar-refractivity contribution < 1.29 is 18.1 Å². The lowest BCUT2D eigenvalue weighted by Gasteiger charge is -2.36. The SMILES string of the molecule is CCCC(CN(CCC)[Si](OC)(OC)OC)C(N)=O. The molecule has 2 N–H and O–H groups in total. The number of hydrogen-bond acceptors (Lipinski definition) is 5. The third kappa shape index (κ3) is 5.19. The van der Waals surface area contributed by atoms with Gasteiger partial charge in [0.25, 0.3) is 0 Å². The van der Waals surface area contributed by atoms with Gasteiger partial charge in [0.1, 0.15) is 0 Å². The summed E-state index contributed by atoms with van der Waals surface area (Å²) in [6.45, 7) is 5.36. The van der Waals surface area contributed by atoms with Crippen molar-refractivity contribution in [3.05, 3.63) is 0 Å². The molecular weight excluding hydrogens is 264 g/mol. The summed E-state index contributed by atoms with van der Waals surface area (Å²) in [5.41, 5.74) is 5.46. The highest BCUT2D eigenvalue weighted by Crippen LogP contribution is 2.18. The fraction of sp³-hybridized carbons (Fsp3) is 0.917. The highest BCUT2D eigenvalue weighted by atomic mass is 28.4. The van der Waals surface area contributed by atoms with Gasteiger partial charge >= 0.3 is 8.97 Å². The lowest BCUT2D eigenvalue weighted by Crippen LogP contribution is -2.61. The number of nitrogens with zero attached hydrogens (tertiary/aromatic N) is 1. The van der Waals surface area contributed by atoms with E-state index in [1.165, 1.54) is 0 Å². The molecule has 0 bridgehead atoms. The molecule has 0 heterocycles. The zero-order valence-corrected chi connectivity index (χ0v) is 13.8. The number of carbonyl (C=O) groups is 1. The van der Waals surface area contributed by atoms with Crippen LogP contribution in [-0.4, -0.2) is 53.9 Å². The molecule has 0 aromatic heterocycles. The van der Waals surface area contributed by atoms with Gasteiger partial charge in [0, 0.05) is 33.8 Å². The van der Waals surface area contributed by atoms with Gasteiger partial charge < -0.3 is 19.0 Å². The van der Waals surface area contributed by atoms with E-state index in [0.29, 0.717) is 6.54 Å². The van der Waals surface area contributed by atoms with Crippen molar-refractivity contribution in [2.75, 3.05) is 34.4 Å². The number of carbonyl (C=O) groups excluding carboxylic acids is 1. The van der Waals surface area contributed by atoms with E-state index in [1.807, 2.05) is 11.5 Å². The van der Waals surface area contributed by atoms with Crippen LogP contribution in [0, 0.1) is 5.92 Å². The molecule has 1 atom stereocenters. The molecule has 0 rings (SSSR count). The topological polar surface area (TPSA) is 74.0 Å². The largest absolute Gasteiger partial charge is 0.598 e. The van der Waals surface area contributed by atoms with Crippen molar-refractivity contribution >= 4 is 14.9 Å². The average molecular weight is 292 g/mol. The summed E-state index contributed by atoms with van der Waals surface area (Å²) in [4.78, 5) is 11.5. The first-order valence-corrected chi connectivity index (χ1v) is 8.38. The second-order valence-electron chi connectivity index (χ2n) is 4.47. The smallest absolute Gasteiger partial charge is 0.369 e. The van der Waals surface area contributed by atoms with Crippen molar-refractivity contribution in [2.45, 2.75) is 33.1 Å². The maximum absolute atomic E-state index is 11.5. The van der Waals surface area contributed by atoms with Crippen LogP contribution in [0.25, 0.3) is 0 Å². The van der Waals surface area contributed by atoms with Gasteiger partial charge in [-0.05, 0) is 19.4 Å². The Morgan fingerprint density at radius 3 is 2.00 bits per heavy atom. The number of primary amides is 1. The number of amides is 1. The van der Waals surface area contributed by atoms with E-state index in [0.717, 1.165) is 25.8 Å². The summed E-state index contributed by atoms with van der Waals surface area (Å²) < 4.78 is 18.4. The summed E-state index contributed by atoms with van der Waals surface area (Å²) >= 11 is 0. The maximum Gasteiger partial charge on any atom is 0.598 e. The fourth-order valence-corrected chi connectivity index (χ4v) is 4.40. The molecule has 0 aliphatic carbocycles. The van der Waals surface area contributed by atoms with Crippen LogP contribution < -0.4 is 5.73 Å². The van der Waals surface area contributed by atoms with Crippen molar-refractivity contribution in [3.8, 4) is 0 Å². The lowest BCUT2D eigenvalue weighted by atomic mass is 10.0. The molecule has 19 heavy (non-hydrogen) atoms. The highest BCUT2D eigenvalue weighted by Gasteiger charge is 2.47. The maximum atomic E-state index is 11.5. The van der Waals surface area contributed by atoms with Crippen LogP contribution in [0.3, 0.4) is 0 Å².